The Morgan fingerprint density at radius 3 is 2.48 bits per heavy atom. The molecule has 1 aliphatic carbocycles. The number of allylic oxidation sites excluding steroid dienone is 1. The van der Waals surface area contributed by atoms with Crippen molar-refractivity contribution in [2.75, 3.05) is 14.2 Å². The van der Waals surface area contributed by atoms with Gasteiger partial charge in [0.2, 0.25) is 0 Å². The molecule has 0 radical (unpaired) electrons. The SMILES string of the molecule is C=CC1CC(C(=O)OC)(C(=O)OC)Cc2cc(O)ccc21. The summed E-state index contributed by atoms with van der Waals surface area (Å²) < 4.78 is 9.64. The summed E-state index contributed by atoms with van der Waals surface area (Å²) in [5.74, 6) is -1.36. The molecular formula is C16H18O5. The molecule has 0 aromatic heterocycles. The summed E-state index contributed by atoms with van der Waals surface area (Å²) in [5, 5.41) is 9.65. The first-order chi connectivity index (χ1) is 9.98. The third-order valence-corrected chi connectivity index (χ3v) is 4.02. The second-order valence-electron chi connectivity index (χ2n) is 5.17. The number of ether oxygens (including phenoxy) is 2. The van der Waals surface area contributed by atoms with Gasteiger partial charge in [-0.25, -0.2) is 0 Å². The van der Waals surface area contributed by atoms with Gasteiger partial charge in [0.25, 0.3) is 0 Å². The van der Waals surface area contributed by atoms with E-state index in [-0.39, 0.29) is 24.5 Å². The van der Waals surface area contributed by atoms with Gasteiger partial charge in [-0.1, -0.05) is 12.1 Å². The van der Waals surface area contributed by atoms with Crippen molar-refractivity contribution in [1.82, 2.24) is 0 Å². The molecule has 0 bridgehead atoms. The number of benzene rings is 1. The minimum absolute atomic E-state index is 0.0853. The molecule has 5 heteroatoms. The second-order valence-corrected chi connectivity index (χ2v) is 5.17. The Kier molecular flexibility index (Phi) is 4.02. The maximum absolute atomic E-state index is 12.2. The van der Waals surface area contributed by atoms with E-state index in [1.54, 1.807) is 24.3 Å². The lowest BCUT2D eigenvalue weighted by Crippen LogP contribution is -2.46. The number of carbonyl (C=O) groups excluding carboxylic acids is 2. The van der Waals surface area contributed by atoms with Crippen LogP contribution >= 0.6 is 0 Å². The molecule has 1 atom stereocenters. The fraction of sp³-hybridized carbons (Fsp3) is 0.375. The Morgan fingerprint density at radius 2 is 1.95 bits per heavy atom. The number of hydrogen-bond acceptors (Lipinski definition) is 5. The Bertz CT molecular complexity index is 574. The van der Waals surface area contributed by atoms with Crippen molar-refractivity contribution in [3.05, 3.63) is 42.0 Å². The fourth-order valence-electron chi connectivity index (χ4n) is 2.99. The number of methoxy groups -OCH3 is 2. The zero-order chi connectivity index (χ0) is 15.6. The molecule has 0 saturated carbocycles. The van der Waals surface area contributed by atoms with Crippen LogP contribution < -0.4 is 0 Å². The molecule has 2 rings (SSSR count). The summed E-state index contributed by atoms with van der Waals surface area (Å²) >= 11 is 0. The highest BCUT2D eigenvalue weighted by Crippen LogP contribution is 2.45. The molecular weight excluding hydrogens is 272 g/mol. The van der Waals surface area contributed by atoms with Crippen LogP contribution in [0.25, 0.3) is 0 Å². The van der Waals surface area contributed by atoms with Crippen LogP contribution in [-0.2, 0) is 25.5 Å². The fourth-order valence-corrected chi connectivity index (χ4v) is 2.99. The maximum atomic E-state index is 12.2. The Balaban J connectivity index is 2.58. The van der Waals surface area contributed by atoms with Crippen molar-refractivity contribution in [3.63, 3.8) is 0 Å². The van der Waals surface area contributed by atoms with E-state index in [1.807, 2.05) is 0 Å². The van der Waals surface area contributed by atoms with E-state index in [2.05, 4.69) is 6.58 Å². The Hall–Kier alpha value is -2.30. The van der Waals surface area contributed by atoms with E-state index in [9.17, 15) is 14.7 Å². The Labute approximate surface area is 123 Å². The Morgan fingerprint density at radius 1 is 1.33 bits per heavy atom. The van der Waals surface area contributed by atoms with Crippen LogP contribution in [0.2, 0.25) is 0 Å². The highest BCUT2D eigenvalue weighted by Gasteiger charge is 2.52. The summed E-state index contributed by atoms with van der Waals surface area (Å²) in [7, 11) is 2.49. The van der Waals surface area contributed by atoms with E-state index < -0.39 is 17.4 Å². The van der Waals surface area contributed by atoms with Gasteiger partial charge in [-0.15, -0.1) is 6.58 Å². The zero-order valence-corrected chi connectivity index (χ0v) is 12.1. The predicted molar refractivity (Wildman–Crippen MR) is 75.8 cm³/mol. The third kappa shape index (κ3) is 2.39. The van der Waals surface area contributed by atoms with Gasteiger partial charge in [-0.2, -0.15) is 0 Å². The minimum atomic E-state index is -1.40. The van der Waals surface area contributed by atoms with Gasteiger partial charge in [-0.05, 0) is 36.1 Å². The number of aromatic hydroxyl groups is 1. The lowest BCUT2D eigenvalue weighted by molar-refractivity contribution is -0.170. The standard InChI is InChI=1S/C16H18O5/c1-4-10-8-16(14(18)20-2,15(19)21-3)9-11-7-12(17)5-6-13(10)11/h4-7,10,17H,1,8-9H2,2-3H3. The summed E-state index contributed by atoms with van der Waals surface area (Å²) in [4.78, 5) is 24.5. The van der Waals surface area contributed by atoms with Gasteiger partial charge in [0.15, 0.2) is 5.41 Å². The number of esters is 2. The highest BCUT2D eigenvalue weighted by molar-refractivity contribution is 6.00. The van der Waals surface area contributed by atoms with E-state index in [1.165, 1.54) is 14.2 Å². The van der Waals surface area contributed by atoms with Gasteiger partial charge >= 0.3 is 11.9 Å². The van der Waals surface area contributed by atoms with Crippen molar-refractivity contribution in [3.8, 4) is 5.75 Å². The predicted octanol–water partition coefficient (Wildman–Crippen LogP) is 1.94. The molecule has 1 N–H and O–H groups in total. The quantitative estimate of drug-likeness (QED) is 0.523. The van der Waals surface area contributed by atoms with Gasteiger partial charge < -0.3 is 14.6 Å². The molecule has 0 aliphatic heterocycles. The average molecular weight is 290 g/mol. The summed E-state index contributed by atoms with van der Waals surface area (Å²) in [6.45, 7) is 3.77. The van der Waals surface area contributed by atoms with Crippen LogP contribution in [0.4, 0.5) is 0 Å². The van der Waals surface area contributed by atoms with E-state index in [0.29, 0.717) is 0 Å². The van der Waals surface area contributed by atoms with Crippen LogP contribution in [0.5, 0.6) is 5.75 Å². The van der Waals surface area contributed by atoms with Gasteiger partial charge in [0.1, 0.15) is 5.75 Å². The van der Waals surface area contributed by atoms with Gasteiger partial charge in [0, 0.05) is 5.92 Å². The highest BCUT2D eigenvalue weighted by atomic mass is 16.5. The summed E-state index contributed by atoms with van der Waals surface area (Å²) in [6.07, 6.45) is 2.07. The van der Waals surface area contributed by atoms with E-state index in [4.69, 9.17) is 9.47 Å². The first kappa shape index (κ1) is 15.1. The molecule has 1 aliphatic rings. The zero-order valence-electron chi connectivity index (χ0n) is 12.1. The molecule has 0 heterocycles. The number of rotatable bonds is 3. The first-order valence-corrected chi connectivity index (χ1v) is 6.59. The molecule has 1 aromatic rings. The smallest absolute Gasteiger partial charge is 0.323 e. The van der Waals surface area contributed by atoms with Crippen LogP contribution in [-0.4, -0.2) is 31.3 Å². The third-order valence-electron chi connectivity index (χ3n) is 4.02. The maximum Gasteiger partial charge on any atom is 0.323 e. The van der Waals surface area contributed by atoms with Crippen LogP contribution in [0, 0.1) is 5.41 Å². The molecule has 0 amide bonds. The number of phenols is 1. The van der Waals surface area contributed by atoms with Crippen molar-refractivity contribution in [1.29, 1.82) is 0 Å². The van der Waals surface area contributed by atoms with Crippen LogP contribution in [0.1, 0.15) is 23.5 Å². The lowest BCUT2D eigenvalue weighted by atomic mass is 9.67. The van der Waals surface area contributed by atoms with Crippen LogP contribution in [0.3, 0.4) is 0 Å². The van der Waals surface area contributed by atoms with Crippen molar-refractivity contribution in [2.45, 2.75) is 18.8 Å². The first-order valence-electron chi connectivity index (χ1n) is 6.59. The molecule has 1 unspecified atom stereocenters. The largest absolute Gasteiger partial charge is 0.508 e. The molecule has 0 fully saturated rings. The molecule has 21 heavy (non-hydrogen) atoms. The van der Waals surface area contributed by atoms with E-state index >= 15 is 0 Å². The topological polar surface area (TPSA) is 72.8 Å². The van der Waals surface area contributed by atoms with Crippen molar-refractivity contribution >= 4 is 11.9 Å². The number of hydrogen-bond donors (Lipinski definition) is 1. The van der Waals surface area contributed by atoms with Crippen LogP contribution in [0.15, 0.2) is 30.9 Å². The second kappa shape index (κ2) is 5.60. The minimum Gasteiger partial charge on any atom is -0.508 e. The van der Waals surface area contributed by atoms with Crippen molar-refractivity contribution < 1.29 is 24.2 Å². The summed E-state index contributed by atoms with van der Waals surface area (Å²) in [6, 6.07) is 4.93. The normalized spacial score (nSPS) is 19.2. The number of carbonyl (C=O) groups is 2. The number of phenolic OH excluding ortho intramolecular Hbond substituents is 1. The number of fused-ring (bicyclic) bond motifs is 1. The van der Waals surface area contributed by atoms with Crippen molar-refractivity contribution in [2.24, 2.45) is 5.41 Å². The molecule has 0 spiro atoms. The van der Waals surface area contributed by atoms with Gasteiger partial charge in [-0.3, -0.25) is 9.59 Å². The lowest BCUT2D eigenvalue weighted by Gasteiger charge is -2.36. The summed E-state index contributed by atoms with van der Waals surface area (Å²) in [5.41, 5.74) is 0.275. The molecule has 112 valence electrons. The molecule has 1 aromatic carbocycles. The van der Waals surface area contributed by atoms with Gasteiger partial charge in [0.05, 0.1) is 14.2 Å². The monoisotopic (exact) mass is 290 g/mol. The molecule has 0 saturated heterocycles. The average Bonchev–Trinajstić information content (AvgIpc) is 2.51. The van der Waals surface area contributed by atoms with E-state index in [0.717, 1.165) is 11.1 Å². The molecule has 5 nitrogen and oxygen atoms in total.